The molecule has 1 heteroatoms. The predicted molar refractivity (Wildman–Crippen MR) is 146 cm³/mol. The van der Waals surface area contributed by atoms with Crippen LogP contribution in [0.1, 0.15) is 91.0 Å². The minimum Gasteiger partial charge on any atom is -0.396 e. The van der Waals surface area contributed by atoms with Crippen molar-refractivity contribution in [1.82, 2.24) is 0 Å². The largest absolute Gasteiger partial charge is 0.396 e. The van der Waals surface area contributed by atoms with Crippen LogP contribution in [0.2, 0.25) is 0 Å². The standard InChI is InChI=1S/C34H48O/c1-23-17-28-32(5,30-29(23)31(30,3)4)24(2)33(14-9-10-15-33)22-34(28)16-13-26(20-34)19-27(21-35)18-25-11-7-6-8-12-25/h6-8,11-12,17,24,26-27,29-30,35H,1,9-10,13-16,18-22H2,2-5H3/t24-,26-,27+,29+,30+,32-,34-/m0/s1. The van der Waals surface area contributed by atoms with Crippen molar-refractivity contribution < 1.29 is 5.11 Å². The third kappa shape index (κ3) is 3.43. The molecule has 5 aliphatic carbocycles. The Bertz CT molecular complexity index is 1010. The highest BCUT2D eigenvalue weighted by molar-refractivity contribution is 5.48. The van der Waals surface area contributed by atoms with Crippen molar-refractivity contribution in [3.05, 3.63) is 59.7 Å². The van der Waals surface area contributed by atoms with Gasteiger partial charge >= 0.3 is 0 Å². The summed E-state index contributed by atoms with van der Waals surface area (Å²) in [7, 11) is 0. The van der Waals surface area contributed by atoms with Crippen LogP contribution in [0.4, 0.5) is 0 Å². The van der Waals surface area contributed by atoms with Crippen LogP contribution in [-0.2, 0) is 6.42 Å². The fraction of sp³-hybridized carbons (Fsp3) is 0.706. The molecule has 1 aromatic carbocycles. The maximum absolute atomic E-state index is 10.3. The summed E-state index contributed by atoms with van der Waals surface area (Å²) >= 11 is 0. The highest BCUT2D eigenvalue weighted by Crippen LogP contribution is 2.81. The van der Waals surface area contributed by atoms with Crippen molar-refractivity contribution in [2.75, 3.05) is 6.61 Å². The van der Waals surface area contributed by atoms with Crippen molar-refractivity contribution in [3.8, 4) is 0 Å². The van der Waals surface area contributed by atoms with E-state index in [1.165, 1.54) is 68.9 Å². The number of fused-ring (bicyclic) bond motifs is 4. The molecule has 4 saturated carbocycles. The van der Waals surface area contributed by atoms with Crippen molar-refractivity contribution in [3.63, 3.8) is 0 Å². The average Bonchev–Trinajstić information content (AvgIpc) is 3.15. The Morgan fingerprint density at radius 3 is 2.46 bits per heavy atom. The molecule has 7 atom stereocenters. The van der Waals surface area contributed by atoms with E-state index in [1.807, 2.05) is 5.57 Å². The first-order chi connectivity index (χ1) is 16.7. The van der Waals surface area contributed by atoms with Gasteiger partial charge in [0, 0.05) is 6.61 Å². The highest BCUT2D eigenvalue weighted by atomic mass is 16.3. The summed E-state index contributed by atoms with van der Waals surface area (Å²) in [6.45, 7) is 15.4. The molecule has 4 fully saturated rings. The number of rotatable bonds is 5. The van der Waals surface area contributed by atoms with Gasteiger partial charge in [0.2, 0.25) is 0 Å². The number of aliphatic hydroxyl groups is 1. The summed E-state index contributed by atoms with van der Waals surface area (Å²) in [5.41, 5.74) is 6.26. The summed E-state index contributed by atoms with van der Waals surface area (Å²) in [6.07, 6.45) is 16.1. The number of benzene rings is 1. The second-order valence-electron chi connectivity index (χ2n) is 14.5. The fourth-order valence-electron chi connectivity index (χ4n) is 11.0. The Morgan fingerprint density at radius 2 is 1.77 bits per heavy atom. The Morgan fingerprint density at radius 1 is 1.06 bits per heavy atom. The lowest BCUT2D eigenvalue weighted by Gasteiger charge is -2.62. The van der Waals surface area contributed by atoms with Crippen LogP contribution >= 0.6 is 0 Å². The first-order valence-electron chi connectivity index (χ1n) is 14.7. The molecular weight excluding hydrogens is 424 g/mol. The Kier molecular flexibility index (Phi) is 5.54. The lowest BCUT2D eigenvalue weighted by molar-refractivity contribution is -0.0478. The maximum Gasteiger partial charge on any atom is 0.0462 e. The number of aliphatic hydroxyl groups excluding tert-OH is 1. The van der Waals surface area contributed by atoms with Crippen molar-refractivity contribution >= 4 is 0 Å². The van der Waals surface area contributed by atoms with Gasteiger partial charge < -0.3 is 5.11 Å². The molecule has 2 spiro atoms. The molecule has 0 radical (unpaired) electrons. The molecule has 0 saturated heterocycles. The van der Waals surface area contributed by atoms with Gasteiger partial charge in [-0.05, 0) is 108 Å². The van der Waals surface area contributed by atoms with Gasteiger partial charge in [0.05, 0.1) is 0 Å². The Hall–Kier alpha value is -1.34. The second-order valence-corrected chi connectivity index (χ2v) is 14.5. The molecule has 0 unspecified atom stereocenters. The van der Waals surface area contributed by atoms with Gasteiger partial charge in [0.15, 0.2) is 0 Å². The van der Waals surface area contributed by atoms with Gasteiger partial charge in [-0.15, -0.1) is 0 Å². The molecule has 0 aliphatic heterocycles. The van der Waals surface area contributed by atoms with E-state index in [-0.39, 0.29) is 0 Å². The molecule has 1 nitrogen and oxygen atoms in total. The normalized spacial score (nSPS) is 41.5. The first kappa shape index (κ1) is 24.0. The van der Waals surface area contributed by atoms with Gasteiger partial charge in [-0.25, -0.2) is 0 Å². The van der Waals surface area contributed by atoms with Crippen LogP contribution in [0.3, 0.4) is 0 Å². The maximum atomic E-state index is 10.3. The quantitative estimate of drug-likeness (QED) is 0.456. The number of hydrogen-bond acceptors (Lipinski definition) is 1. The first-order valence-corrected chi connectivity index (χ1v) is 14.7. The van der Waals surface area contributed by atoms with Crippen molar-refractivity contribution in [1.29, 1.82) is 0 Å². The van der Waals surface area contributed by atoms with Crippen LogP contribution in [0.5, 0.6) is 0 Å². The zero-order valence-corrected chi connectivity index (χ0v) is 22.8. The molecule has 6 rings (SSSR count). The van der Waals surface area contributed by atoms with Crippen LogP contribution in [0.25, 0.3) is 0 Å². The Balaban J connectivity index is 1.31. The molecular formula is C34H48O. The minimum absolute atomic E-state index is 0.314. The van der Waals surface area contributed by atoms with Gasteiger partial charge in [0.1, 0.15) is 0 Å². The Labute approximate surface area is 214 Å². The lowest BCUT2D eigenvalue weighted by Crippen LogP contribution is -2.54. The second kappa shape index (κ2) is 8.08. The van der Waals surface area contributed by atoms with Gasteiger partial charge in [0.25, 0.3) is 0 Å². The van der Waals surface area contributed by atoms with Crippen molar-refractivity contribution in [2.24, 2.45) is 51.2 Å². The summed E-state index contributed by atoms with van der Waals surface area (Å²) in [6, 6.07) is 10.8. The summed E-state index contributed by atoms with van der Waals surface area (Å²) < 4.78 is 0. The molecule has 0 heterocycles. The van der Waals surface area contributed by atoms with E-state index in [9.17, 15) is 5.11 Å². The van der Waals surface area contributed by atoms with Crippen LogP contribution in [0, 0.1) is 51.2 Å². The number of allylic oxidation sites excluding steroid dienone is 3. The molecule has 35 heavy (non-hydrogen) atoms. The highest BCUT2D eigenvalue weighted by Gasteiger charge is 2.74. The molecule has 1 aromatic rings. The lowest BCUT2D eigenvalue weighted by atomic mass is 9.42. The van der Waals surface area contributed by atoms with Crippen LogP contribution in [0.15, 0.2) is 54.1 Å². The zero-order chi connectivity index (χ0) is 24.6. The van der Waals surface area contributed by atoms with Crippen LogP contribution in [-0.4, -0.2) is 11.7 Å². The summed E-state index contributed by atoms with van der Waals surface area (Å²) in [4.78, 5) is 0. The molecule has 190 valence electrons. The smallest absolute Gasteiger partial charge is 0.0462 e. The predicted octanol–water partition coefficient (Wildman–Crippen LogP) is 8.39. The van der Waals surface area contributed by atoms with E-state index in [4.69, 9.17) is 0 Å². The molecule has 0 amide bonds. The van der Waals surface area contributed by atoms with Crippen LogP contribution < -0.4 is 0 Å². The fourth-order valence-corrected chi connectivity index (χ4v) is 11.0. The zero-order valence-electron chi connectivity index (χ0n) is 22.8. The van der Waals surface area contributed by atoms with Gasteiger partial charge in [-0.2, -0.15) is 0 Å². The average molecular weight is 473 g/mol. The molecule has 5 aliphatic rings. The minimum atomic E-state index is 0.314. The molecule has 0 bridgehead atoms. The van der Waals surface area contributed by atoms with E-state index in [0.29, 0.717) is 40.1 Å². The van der Waals surface area contributed by atoms with Gasteiger partial charge in [-0.3, -0.25) is 0 Å². The SMILES string of the molecule is C=C1C=C2[C@]3(CC[C@@H](C[C@H](CO)Cc4ccccc4)C3)CC3(CCCC3)[C@@H](C)[C@]2(C)[C@@H]2[C@@H]1C2(C)C. The van der Waals surface area contributed by atoms with E-state index in [2.05, 4.69) is 70.7 Å². The molecule has 1 N–H and O–H groups in total. The van der Waals surface area contributed by atoms with E-state index in [0.717, 1.165) is 24.2 Å². The third-order valence-electron chi connectivity index (χ3n) is 12.5. The number of hydrogen-bond donors (Lipinski definition) is 1. The van der Waals surface area contributed by atoms with E-state index >= 15 is 0 Å². The van der Waals surface area contributed by atoms with Crippen molar-refractivity contribution in [2.45, 2.75) is 91.9 Å². The van der Waals surface area contributed by atoms with Gasteiger partial charge in [-0.1, -0.05) is 94.7 Å². The molecule has 0 aromatic heterocycles. The monoisotopic (exact) mass is 472 g/mol. The third-order valence-corrected chi connectivity index (χ3v) is 12.5. The topological polar surface area (TPSA) is 20.2 Å². The summed E-state index contributed by atoms with van der Waals surface area (Å²) in [5.74, 6) is 3.36. The van der Waals surface area contributed by atoms with E-state index < -0.39 is 0 Å². The summed E-state index contributed by atoms with van der Waals surface area (Å²) in [5, 5.41) is 10.3. The van der Waals surface area contributed by atoms with E-state index in [1.54, 1.807) is 0 Å².